The Labute approximate surface area is 161 Å². The summed E-state index contributed by atoms with van der Waals surface area (Å²) in [4.78, 5) is 14.1. The Morgan fingerprint density at radius 3 is 2.88 bits per heavy atom. The predicted molar refractivity (Wildman–Crippen MR) is 108 cm³/mol. The van der Waals surface area contributed by atoms with Crippen molar-refractivity contribution < 1.29 is 0 Å². The molecule has 0 aliphatic heterocycles. The van der Waals surface area contributed by atoms with Gasteiger partial charge < -0.3 is 0 Å². The van der Waals surface area contributed by atoms with E-state index in [0.29, 0.717) is 0 Å². The van der Waals surface area contributed by atoms with Crippen LogP contribution in [-0.2, 0) is 5.75 Å². The lowest BCUT2D eigenvalue weighted by Crippen LogP contribution is -1.98. The van der Waals surface area contributed by atoms with Crippen LogP contribution in [0.5, 0.6) is 0 Å². The van der Waals surface area contributed by atoms with Gasteiger partial charge in [0.15, 0.2) is 10.8 Å². The zero-order valence-corrected chi connectivity index (χ0v) is 16.2. The van der Waals surface area contributed by atoms with Gasteiger partial charge in [-0.25, -0.2) is 15.0 Å². The maximum atomic E-state index is 4.79. The largest absolute Gasteiger partial charge is 0.240 e. The number of nitrogens with zero attached hydrogens (tertiary/aromatic N) is 5. The average molecular weight is 396 g/mol. The van der Waals surface area contributed by atoms with Crippen LogP contribution in [0.15, 0.2) is 51.6 Å². The van der Waals surface area contributed by atoms with Gasteiger partial charge in [-0.2, -0.15) is 15.9 Å². The summed E-state index contributed by atoms with van der Waals surface area (Å²) in [6, 6.07) is 10.2. The molecule has 128 valence electrons. The maximum absolute atomic E-state index is 4.79. The van der Waals surface area contributed by atoms with Crippen molar-refractivity contribution in [1.82, 2.24) is 24.6 Å². The standard InChI is InChI=1S/C18H13N5S3/c1-11-19-16-14-4-2-3-5-15(14)21-18(23(16)22-11)26-10-13-9-25-17(20-13)12-6-7-24-8-12/h2-9H,10H2,1H3. The number of hydrogen-bond donors (Lipinski definition) is 0. The molecular weight excluding hydrogens is 382 g/mol. The molecule has 0 radical (unpaired) electrons. The second-order valence-electron chi connectivity index (χ2n) is 5.75. The van der Waals surface area contributed by atoms with E-state index in [0.717, 1.165) is 44.0 Å². The lowest BCUT2D eigenvalue weighted by molar-refractivity contribution is 0.796. The van der Waals surface area contributed by atoms with E-state index in [9.17, 15) is 0 Å². The van der Waals surface area contributed by atoms with Crippen LogP contribution in [0.1, 0.15) is 11.5 Å². The number of aromatic nitrogens is 5. The molecule has 4 heterocycles. The highest BCUT2D eigenvalue weighted by molar-refractivity contribution is 7.98. The molecule has 4 aromatic heterocycles. The van der Waals surface area contributed by atoms with Gasteiger partial charge in [0.2, 0.25) is 0 Å². The van der Waals surface area contributed by atoms with Crippen LogP contribution in [0.4, 0.5) is 0 Å². The second-order valence-corrected chi connectivity index (χ2v) is 8.33. The van der Waals surface area contributed by atoms with Crippen LogP contribution in [0, 0.1) is 6.92 Å². The van der Waals surface area contributed by atoms with E-state index in [1.54, 1.807) is 34.4 Å². The lowest BCUT2D eigenvalue weighted by atomic mass is 10.2. The molecule has 0 bridgehead atoms. The van der Waals surface area contributed by atoms with Crippen LogP contribution >= 0.6 is 34.4 Å². The third-order valence-electron chi connectivity index (χ3n) is 3.92. The van der Waals surface area contributed by atoms with E-state index in [1.165, 1.54) is 5.56 Å². The molecule has 26 heavy (non-hydrogen) atoms. The molecule has 0 aliphatic rings. The molecule has 0 spiro atoms. The van der Waals surface area contributed by atoms with E-state index in [-0.39, 0.29) is 0 Å². The Hall–Kier alpha value is -2.29. The smallest absolute Gasteiger partial charge is 0.191 e. The summed E-state index contributed by atoms with van der Waals surface area (Å²) in [6.45, 7) is 1.91. The summed E-state index contributed by atoms with van der Waals surface area (Å²) in [5.74, 6) is 1.50. The SMILES string of the molecule is Cc1nc2c3ccccc3nc(SCc3csc(-c4ccsc4)n3)n2n1. The molecule has 0 unspecified atom stereocenters. The summed E-state index contributed by atoms with van der Waals surface area (Å²) in [7, 11) is 0. The van der Waals surface area contributed by atoms with Crippen LogP contribution in [0.3, 0.4) is 0 Å². The summed E-state index contributed by atoms with van der Waals surface area (Å²) in [5.41, 5.74) is 4.04. The van der Waals surface area contributed by atoms with Crippen molar-refractivity contribution >= 4 is 51.0 Å². The Balaban J connectivity index is 1.49. The molecular formula is C18H13N5S3. The third-order valence-corrected chi connectivity index (χ3v) is 6.51. The van der Waals surface area contributed by atoms with Crippen molar-refractivity contribution in [3.8, 4) is 10.6 Å². The van der Waals surface area contributed by atoms with E-state index < -0.39 is 0 Å². The van der Waals surface area contributed by atoms with Gasteiger partial charge in [0.05, 0.1) is 11.2 Å². The molecule has 8 heteroatoms. The molecule has 0 amide bonds. The molecule has 0 N–H and O–H groups in total. The second kappa shape index (κ2) is 6.46. The number of thiophene rings is 1. The van der Waals surface area contributed by atoms with E-state index in [2.05, 4.69) is 32.3 Å². The Kier molecular flexibility index (Phi) is 3.96. The Bertz CT molecular complexity index is 1210. The molecule has 5 nitrogen and oxygen atoms in total. The van der Waals surface area contributed by atoms with Crippen molar-refractivity contribution in [3.63, 3.8) is 0 Å². The fraction of sp³-hybridized carbons (Fsp3) is 0.111. The first-order chi connectivity index (χ1) is 12.8. The minimum Gasteiger partial charge on any atom is -0.240 e. The van der Waals surface area contributed by atoms with Crippen LogP contribution < -0.4 is 0 Å². The van der Waals surface area contributed by atoms with Crippen molar-refractivity contribution in [1.29, 1.82) is 0 Å². The maximum Gasteiger partial charge on any atom is 0.191 e. The number of para-hydroxylation sites is 1. The van der Waals surface area contributed by atoms with Crippen molar-refractivity contribution in [2.45, 2.75) is 17.8 Å². The summed E-state index contributed by atoms with van der Waals surface area (Å²) >= 11 is 5.01. The normalized spacial score (nSPS) is 11.6. The number of hydrogen-bond acceptors (Lipinski definition) is 7. The molecule has 0 fully saturated rings. The molecule has 0 atom stereocenters. The zero-order valence-electron chi connectivity index (χ0n) is 13.8. The summed E-state index contributed by atoms with van der Waals surface area (Å²) in [6.07, 6.45) is 0. The van der Waals surface area contributed by atoms with Gasteiger partial charge in [-0.1, -0.05) is 23.9 Å². The average Bonchev–Trinajstić information content (AvgIpc) is 3.39. The van der Waals surface area contributed by atoms with Crippen LogP contribution in [-0.4, -0.2) is 24.6 Å². The predicted octanol–water partition coefficient (Wildman–Crippen LogP) is 5.06. The number of rotatable bonds is 4. The van der Waals surface area contributed by atoms with Gasteiger partial charge in [-0.3, -0.25) is 0 Å². The fourth-order valence-electron chi connectivity index (χ4n) is 2.76. The number of fused-ring (bicyclic) bond motifs is 3. The van der Waals surface area contributed by atoms with Crippen molar-refractivity contribution in [2.75, 3.05) is 0 Å². The first kappa shape index (κ1) is 15.9. The first-order valence-electron chi connectivity index (χ1n) is 8.00. The summed E-state index contributed by atoms with van der Waals surface area (Å²) in [5, 5.41) is 13.8. The topological polar surface area (TPSA) is 56.0 Å². The monoisotopic (exact) mass is 395 g/mol. The van der Waals surface area contributed by atoms with E-state index >= 15 is 0 Å². The van der Waals surface area contributed by atoms with Crippen LogP contribution in [0.25, 0.3) is 27.1 Å². The van der Waals surface area contributed by atoms with Gasteiger partial charge in [-0.15, -0.1) is 16.4 Å². The minimum absolute atomic E-state index is 0.749. The van der Waals surface area contributed by atoms with Gasteiger partial charge >= 0.3 is 0 Å². The Morgan fingerprint density at radius 1 is 1.08 bits per heavy atom. The van der Waals surface area contributed by atoms with Gasteiger partial charge in [0.25, 0.3) is 0 Å². The molecule has 5 aromatic rings. The molecule has 5 rings (SSSR count). The molecule has 0 aliphatic carbocycles. The lowest BCUT2D eigenvalue weighted by Gasteiger charge is -2.05. The van der Waals surface area contributed by atoms with Gasteiger partial charge in [-0.05, 0) is 30.5 Å². The van der Waals surface area contributed by atoms with E-state index in [1.807, 2.05) is 35.7 Å². The van der Waals surface area contributed by atoms with E-state index in [4.69, 9.17) is 9.97 Å². The molecule has 1 aromatic carbocycles. The third kappa shape index (κ3) is 2.80. The van der Waals surface area contributed by atoms with Gasteiger partial charge in [0.1, 0.15) is 10.8 Å². The van der Waals surface area contributed by atoms with Gasteiger partial charge in [0, 0.05) is 27.5 Å². The highest BCUT2D eigenvalue weighted by Crippen LogP contribution is 2.30. The fourth-order valence-corrected chi connectivity index (χ4v) is 5.23. The minimum atomic E-state index is 0.749. The number of thioether (sulfide) groups is 1. The number of thiazole rings is 1. The quantitative estimate of drug-likeness (QED) is 0.314. The first-order valence-corrected chi connectivity index (χ1v) is 10.8. The highest BCUT2D eigenvalue weighted by Gasteiger charge is 2.13. The van der Waals surface area contributed by atoms with Crippen molar-refractivity contribution in [3.05, 3.63) is 58.0 Å². The number of aryl methyl sites for hydroxylation is 1. The number of benzene rings is 1. The summed E-state index contributed by atoms with van der Waals surface area (Å²) < 4.78 is 1.84. The Morgan fingerprint density at radius 2 is 2.00 bits per heavy atom. The molecule has 0 saturated carbocycles. The van der Waals surface area contributed by atoms with Crippen LogP contribution in [0.2, 0.25) is 0 Å². The van der Waals surface area contributed by atoms with Crippen molar-refractivity contribution in [2.24, 2.45) is 0 Å². The highest BCUT2D eigenvalue weighted by atomic mass is 32.2. The zero-order chi connectivity index (χ0) is 17.5. The molecule has 0 saturated heterocycles.